The summed E-state index contributed by atoms with van der Waals surface area (Å²) in [5.41, 5.74) is 2.48. The lowest BCUT2D eigenvalue weighted by atomic mass is 9.87. The molecule has 0 fully saturated rings. The average molecular weight is 518 g/mol. The SMILES string of the molecule is C=O.CCC(C)(NC(=O)Nc1ccc2c(c1F)CN(C)C2=O)c1ccc(-c2cncc(C#N)c2)cc1OC. The van der Waals surface area contributed by atoms with Crippen molar-refractivity contribution in [1.82, 2.24) is 15.2 Å². The summed E-state index contributed by atoms with van der Waals surface area (Å²) in [4.78, 5) is 38.6. The number of urea groups is 1. The largest absolute Gasteiger partial charge is 0.496 e. The number of carbonyl (C=O) groups excluding carboxylic acids is 3. The van der Waals surface area contributed by atoms with E-state index in [4.69, 9.17) is 14.8 Å². The molecule has 3 amide bonds. The van der Waals surface area contributed by atoms with E-state index in [9.17, 15) is 9.59 Å². The number of halogens is 1. The number of pyridine rings is 1. The van der Waals surface area contributed by atoms with Gasteiger partial charge in [0.2, 0.25) is 0 Å². The molecule has 3 aromatic rings. The number of carbonyl (C=O) groups is 3. The third-order valence-corrected chi connectivity index (χ3v) is 6.56. The third-order valence-electron chi connectivity index (χ3n) is 6.56. The number of hydrogen-bond donors (Lipinski definition) is 2. The number of benzene rings is 2. The van der Waals surface area contributed by atoms with E-state index in [2.05, 4.69) is 21.7 Å². The fraction of sp³-hybridized carbons (Fsp3) is 0.250. The van der Waals surface area contributed by atoms with E-state index < -0.39 is 17.4 Å². The molecule has 1 aliphatic heterocycles. The zero-order chi connectivity index (χ0) is 28.0. The van der Waals surface area contributed by atoms with Crippen molar-refractivity contribution in [3.8, 4) is 22.9 Å². The van der Waals surface area contributed by atoms with Gasteiger partial charge in [0.25, 0.3) is 5.91 Å². The summed E-state index contributed by atoms with van der Waals surface area (Å²) < 4.78 is 20.7. The Morgan fingerprint density at radius 1 is 1.24 bits per heavy atom. The Balaban J connectivity index is 0.00000195. The number of amides is 3. The number of nitrogens with one attached hydrogen (secondary N) is 2. The maximum Gasteiger partial charge on any atom is 0.320 e. The van der Waals surface area contributed by atoms with Crippen molar-refractivity contribution in [2.45, 2.75) is 32.4 Å². The van der Waals surface area contributed by atoms with E-state index in [-0.39, 0.29) is 23.7 Å². The first kappa shape index (κ1) is 27.8. The highest BCUT2D eigenvalue weighted by atomic mass is 19.1. The Morgan fingerprint density at radius 2 is 1.97 bits per heavy atom. The highest BCUT2D eigenvalue weighted by molar-refractivity contribution is 5.99. The summed E-state index contributed by atoms with van der Waals surface area (Å²) in [6.07, 6.45) is 3.68. The lowest BCUT2D eigenvalue weighted by Crippen LogP contribution is -2.45. The molecule has 1 atom stereocenters. The first-order chi connectivity index (χ1) is 18.2. The van der Waals surface area contributed by atoms with Crippen molar-refractivity contribution in [1.29, 1.82) is 5.26 Å². The Labute approximate surface area is 220 Å². The van der Waals surface area contributed by atoms with E-state index in [1.54, 1.807) is 26.4 Å². The molecular formula is C28H28FN5O4. The van der Waals surface area contributed by atoms with E-state index in [0.29, 0.717) is 23.3 Å². The number of nitrogens with zero attached hydrogens (tertiary/aromatic N) is 3. The Kier molecular flexibility index (Phi) is 8.43. The van der Waals surface area contributed by atoms with Crippen LogP contribution in [0.15, 0.2) is 48.8 Å². The molecule has 1 aliphatic rings. The highest BCUT2D eigenvalue weighted by Gasteiger charge is 2.32. The smallest absolute Gasteiger partial charge is 0.320 e. The number of nitriles is 1. The van der Waals surface area contributed by atoms with Gasteiger partial charge in [-0.25, -0.2) is 9.18 Å². The van der Waals surface area contributed by atoms with Crippen LogP contribution in [-0.2, 0) is 16.9 Å². The molecular weight excluding hydrogens is 489 g/mol. The quantitative estimate of drug-likeness (QED) is 0.492. The summed E-state index contributed by atoms with van der Waals surface area (Å²) in [5.74, 6) is -0.317. The van der Waals surface area contributed by atoms with Crippen LogP contribution in [0.1, 0.15) is 47.3 Å². The maximum atomic E-state index is 15.0. The first-order valence-electron chi connectivity index (χ1n) is 11.7. The van der Waals surface area contributed by atoms with Crippen LogP contribution in [0.25, 0.3) is 11.1 Å². The zero-order valence-electron chi connectivity index (χ0n) is 21.6. The van der Waals surface area contributed by atoms with Crippen LogP contribution in [0.5, 0.6) is 5.75 Å². The van der Waals surface area contributed by atoms with Crippen molar-refractivity contribution in [3.05, 3.63) is 76.9 Å². The number of aromatic nitrogens is 1. The van der Waals surface area contributed by atoms with Gasteiger partial charge in [-0.05, 0) is 43.2 Å². The standard InChI is InChI=1S/C27H26FN5O3.CH2O/c1-5-27(2,21-8-6-17(11-23(21)36-4)18-10-16(12-29)13-30-14-18)32-26(35)31-22-9-7-19-20(24(22)28)15-33(3)25(19)34;1-2/h6-11,13-14H,5,15H2,1-4H3,(H2,31,32,35);1H2. The van der Waals surface area contributed by atoms with E-state index in [1.165, 1.54) is 23.2 Å². The molecule has 1 unspecified atom stereocenters. The summed E-state index contributed by atoms with van der Waals surface area (Å²) in [6.45, 7) is 5.93. The first-order valence-corrected chi connectivity index (χ1v) is 11.7. The number of fused-ring (bicyclic) bond motifs is 1. The van der Waals surface area contributed by atoms with Crippen molar-refractivity contribution in [3.63, 3.8) is 0 Å². The van der Waals surface area contributed by atoms with Crippen LogP contribution < -0.4 is 15.4 Å². The second kappa shape index (κ2) is 11.5. The van der Waals surface area contributed by atoms with Gasteiger partial charge in [0, 0.05) is 48.2 Å². The van der Waals surface area contributed by atoms with Gasteiger partial charge < -0.3 is 25.1 Å². The molecule has 4 rings (SSSR count). The van der Waals surface area contributed by atoms with Gasteiger partial charge in [-0.15, -0.1) is 0 Å². The second-order valence-electron chi connectivity index (χ2n) is 8.87. The maximum absolute atomic E-state index is 15.0. The fourth-order valence-electron chi connectivity index (χ4n) is 4.32. The molecule has 2 N–H and O–H groups in total. The number of ether oxygens (including phenoxy) is 1. The minimum absolute atomic E-state index is 0.00000871. The highest BCUT2D eigenvalue weighted by Crippen LogP contribution is 2.36. The topological polar surface area (TPSA) is 124 Å². The van der Waals surface area contributed by atoms with Gasteiger partial charge in [0.05, 0.1) is 23.9 Å². The van der Waals surface area contributed by atoms with Crippen LogP contribution in [0, 0.1) is 17.1 Å². The lowest BCUT2D eigenvalue weighted by Gasteiger charge is -2.32. The zero-order valence-corrected chi connectivity index (χ0v) is 21.6. The van der Waals surface area contributed by atoms with Gasteiger partial charge in [0.1, 0.15) is 18.6 Å². The van der Waals surface area contributed by atoms with Crippen molar-refractivity contribution < 1.29 is 23.5 Å². The van der Waals surface area contributed by atoms with E-state index >= 15 is 4.39 Å². The van der Waals surface area contributed by atoms with Crippen molar-refractivity contribution >= 4 is 24.4 Å². The number of hydrogen-bond acceptors (Lipinski definition) is 6. The van der Waals surface area contributed by atoms with E-state index in [0.717, 1.165) is 16.7 Å². The second-order valence-corrected chi connectivity index (χ2v) is 8.87. The van der Waals surface area contributed by atoms with Crippen LogP contribution in [0.3, 0.4) is 0 Å². The van der Waals surface area contributed by atoms with Gasteiger partial charge in [-0.2, -0.15) is 5.26 Å². The molecule has 0 bridgehead atoms. The van der Waals surface area contributed by atoms with Gasteiger partial charge >= 0.3 is 6.03 Å². The van der Waals surface area contributed by atoms with Crippen molar-refractivity contribution in [2.24, 2.45) is 0 Å². The molecule has 196 valence electrons. The molecule has 0 aliphatic carbocycles. The van der Waals surface area contributed by atoms with Gasteiger partial charge in [-0.1, -0.05) is 19.1 Å². The molecule has 38 heavy (non-hydrogen) atoms. The molecule has 0 saturated heterocycles. The molecule has 1 aromatic heterocycles. The number of methoxy groups -OCH3 is 1. The normalized spacial score (nSPS) is 13.4. The minimum atomic E-state index is -0.843. The third kappa shape index (κ3) is 5.32. The number of anilines is 1. The molecule has 0 saturated carbocycles. The van der Waals surface area contributed by atoms with Gasteiger partial charge in [0.15, 0.2) is 5.82 Å². The van der Waals surface area contributed by atoms with Crippen LogP contribution in [0.2, 0.25) is 0 Å². The molecule has 0 radical (unpaired) electrons. The summed E-state index contributed by atoms with van der Waals surface area (Å²) in [6, 6.07) is 11.7. The molecule has 2 heterocycles. The van der Waals surface area contributed by atoms with Crippen LogP contribution in [0.4, 0.5) is 14.9 Å². The molecule has 0 spiro atoms. The monoisotopic (exact) mass is 517 g/mol. The van der Waals surface area contributed by atoms with Crippen molar-refractivity contribution in [2.75, 3.05) is 19.5 Å². The van der Waals surface area contributed by atoms with Crippen LogP contribution in [-0.4, -0.2) is 42.8 Å². The van der Waals surface area contributed by atoms with Gasteiger partial charge in [-0.3, -0.25) is 9.78 Å². The Morgan fingerprint density at radius 3 is 2.63 bits per heavy atom. The molecule has 9 nitrogen and oxygen atoms in total. The predicted molar refractivity (Wildman–Crippen MR) is 140 cm³/mol. The lowest BCUT2D eigenvalue weighted by molar-refractivity contribution is -0.0980. The Bertz CT molecular complexity index is 1420. The molecule has 2 aromatic carbocycles. The van der Waals surface area contributed by atoms with E-state index in [1.807, 2.05) is 38.8 Å². The van der Waals surface area contributed by atoms with Crippen LogP contribution >= 0.6 is 0 Å². The Hall–Kier alpha value is -4.78. The molecule has 10 heteroatoms. The average Bonchev–Trinajstić information content (AvgIpc) is 3.24. The minimum Gasteiger partial charge on any atom is -0.496 e. The predicted octanol–water partition coefficient (Wildman–Crippen LogP) is 4.62. The summed E-state index contributed by atoms with van der Waals surface area (Å²) in [5, 5.41) is 14.7. The summed E-state index contributed by atoms with van der Waals surface area (Å²) >= 11 is 0. The summed E-state index contributed by atoms with van der Waals surface area (Å²) in [7, 11) is 3.14. The fourth-order valence-corrected chi connectivity index (χ4v) is 4.32. The number of rotatable bonds is 6.